The van der Waals surface area contributed by atoms with Crippen LogP contribution in [-0.4, -0.2) is 11.1 Å². The highest BCUT2D eigenvalue weighted by molar-refractivity contribution is 9.10. The van der Waals surface area contributed by atoms with Crippen molar-refractivity contribution in [1.29, 1.82) is 0 Å². The molecule has 2 rings (SSSR count). The van der Waals surface area contributed by atoms with Crippen LogP contribution in [0.4, 0.5) is 4.39 Å². The molecule has 82 valence electrons. The summed E-state index contributed by atoms with van der Waals surface area (Å²) in [6, 6.07) is 6.42. The van der Waals surface area contributed by atoms with E-state index in [0.717, 1.165) is 11.3 Å². The predicted octanol–water partition coefficient (Wildman–Crippen LogP) is 4.01. The van der Waals surface area contributed by atoms with Crippen LogP contribution in [-0.2, 0) is 0 Å². The van der Waals surface area contributed by atoms with Crippen molar-refractivity contribution in [3.63, 3.8) is 0 Å². The fraction of sp³-hybridized carbons (Fsp3) is 0. The normalized spacial score (nSPS) is 10.4. The maximum atomic E-state index is 13.8. The summed E-state index contributed by atoms with van der Waals surface area (Å²) < 4.78 is 14.1. The number of carboxylic acid groups (broad SMARTS) is 1. The van der Waals surface area contributed by atoms with Crippen LogP contribution >= 0.6 is 27.3 Å². The quantitative estimate of drug-likeness (QED) is 0.910. The van der Waals surface area contributed by atoms with Gasteiger partial charge in [-0.15, -0.1) is 11.3 Å². The van der Waals surface area contributed by atoms with Crippen LogP contribution in [0.25, 0.3) is 11.1 Å². The molecule has 0 spiro atoms. The van der Waals surface area contributed by atoms with E-state index >= 15 is 0 Å². The van der Waals surface area contributed by atoms with E-state index in [1.165, 1.54) is 0 Å². The van der Waals surface area contributed by atoms with Crippen LogP contribution in [0.1, 0.15) is 9.67 Å². The average molecular weight is 301 g/mol. The molecule has 5 heteroatoms. The molecule has 0 aliphatic rings. The molecule has 1 heterocycles. The minimum absolute atomic E-state index is 0.150. The van der Waals surface area contributed by atoms with Crippen molar-refractivity contribution in [2.24, 2.45) is 0 Å². The summed E-state index contributed by atoms with van der Waals surface area (Å²) in [7, 11) is 0. The van der Waals surface area contributed by atoms with E-state index in [4.69, 9.17) is 5.11 Å². The van der Waals surface area contributed by atoms with E-state index in [1.54, 1.807) is 29.6 Å². The second-order valence-electron chi connectivity index (χ2n) is 3.07. The zero-order valence-corrected chi connectivity index (χ0v) is 10.3. The van der Waals surface area contributed by atoms with E-state index in [1.807, 2.05) is 0 Å². The van der Waals surface area contributed by atoms with E-state index < -0.39 is 11.8 Å². The molecule has 0 atom stereocenters. The standard InChI is InChI=1S/C11H6BrFO2S/c12-8-3-1-2-6(9(8)13)7-4-5-16-10(7)11(14)15/h1-5H,(H,14,15). The molecule has 0 unspecified atom stereocenters. The lowest BCUT2D eigenvalue weighted by Gasteiger charge is -2.03. The minimum Gasteiger partial charge on any atom is -0.477 e. The lowest BCUT2D eigenvalue weighted by Crippen LogP contribution is -1.95. The Hall–Kier alpha value is -1.20. The SMILES string of the molecule is O=C(O)c1sccc1-c1cccc(Br)c1F. The molecule has 0 aliphatic carbocycles. The van der Waals surface area contributed by atoms with Crippen LogP contribution in [0.5, 0.6) is 0 Å². The maximum absolute atomic E-state index is 13.8. The molecule has 1 N–H and O–H groups in total. The molecule has 1 aromatic heterocycles. The van der Waals surface area contributed by atoms with Crippen LogP contribution < -0.4 is 0 Å². The van der Waals surface area contributed by atoms with Gasteiger partial charge in [0.25, 0.3) is 0 Å². The van der Waals surface area contributed by atoms with Gasteiger partial charge in [-0.3, -0.25) is 0 Å². The second kappa shape index (κ2) is 4.35. The summed E-state index contributed by atoms with van der Waals surface area (Å²) in [5.74, 6) is -1.48. The second-order valence-corrected chi connectivity index (χ2v) is 4.84. The molecule has 0 saturated carbocycles. The molecule has 0 fully saturated rings. The van der Waals surface area contributed by atoms with Gasteiger partial charge in [0.05, 0.1) is 4.47 Å². The number of hydrogen-bond donors (Lipinski definition) is 1. The highest BCUT2D eigenvalue weighted by Crippen LogP contribution is 2.32. The highest BCUT2D eigenvalue weighted by Gasteiger charge is 2.17. The number of thiophene rings is 1. The van der Waals surface area contributed by atoms with Gasteiger partial charge in [0.1, 0.15) is 10.7 Å². The van der Waals surface area contributed by atoms with Gasteiger partial charge in [-0.1, -0.05) is 12.1 Å². The van der Waals surface area contributed by atoms with Crippen molar-refractivity contribution < 1.29 is 14.3 Å². The monoisotopic (exact) mass is 300 g/mol. The third-order valence-corrected chi connectivity index (χ3v) is 3.62. The van der Waals surface area contributed by atoms with Crippen molar-refractivity contribution in [3.05, 3.63) is 44.8 Å². The Balaban J connectivity index is 2.63. The molecule has 0 bridgehead atoms. The molecule has 0 amide bonds. The van der Waals surface area contributed by atoms with Crippen LogP contribution in [0.2, 0.25) is 0 Å². The molecule has 1 aromatic carbocycles. The first-order chi connectivity index (χ1) is 7.61. The van der Waals surface area contributed by atoms with Crippen molar-refractivity contribution >= 4 is 33.2 Å². The van der Waals surface area contributed by atoms with E-state index in [9.17, 15) is 9.18 Å². The van der Waals surface area contributed by atoms with E-state index in [0.29, 0.717) is 15.6 Å². The smallest absolute Gasteiger partial charge is 0.346 e. The number of hydrogen-bond acceptors (Lipinski definition) is 2. The molecule has 16 heavy (non-hydrogen) atoms. The average Bonchev–Trinajstić information content (AvgIpc) is 2.70. The van der Waals surface area contributed by atoms with Crippen molar-refractivity contribution in [3.8, 4) is 11.1 Å². The number of rotatable bonds is 2. The van der Waals surface area contributed by atoms with Gasteiger partial charge in [0, 0.05) is 11.1 Å². The number of aromatic carboxylic acids is 1. The first-order valence-electron chi connectivity index (χ1n) is 4.36. The van der Waals surface area contributed by atoms with E-state index in [-0.39, 0.29) is 4.88 Å². The lowest BCUT2D eigenvalue weighted by molar-refractivity contribution is 0.0703. The van der Waals surface area contributed by atoms with Gasteiger partial charge >= 0.3 is 5.97 Å². The predicted molar refractivity (Wildman–Crippen MR) is 64.4 cm³/mol. The first kappa shape index (κ1) is 11.3. The highest BCUT2D eigenvalue weighted by atomic mass is 79.9. The lowest BCUT2D eigenvalue weighted by atomic mass is 10.1. The Morgan fingerprint density at radius 1 is 1.31 bits per heavy atom. The fourth-order valence-electron chi connectivity index (χ4n) is 1.40. The van der Waals surface area contributed by atoms with Gasteiger partial charge < -0.3 is 5.11 Å². The van der Waals surface area contributed by atoms with Crippen molar-refractivity contribution in [2.75, 3.05) is 0 Å². The molecule has 2 aromatic rings. The first-order valence-corrected chi connectivity index (χ1v) is 6.03. The van der Waals surface area contributed by atoms with Crippen LogP contribution in [0.15, 0.2) is 34.1 Å². The summed E-state index contributed by atoms with van der Waals surface area (Å²) in [6.07, 6.45) is 0. The van der Waals surface area contributed by atoms with Gasteiger partial charge in [-0.05, 0) is 33.4 Å². The maximum Gasteiger partial charge on any atom is 0.346 e. The number of halogens is 2. The minimum atomic E-state index is -1.04. The number of carbonyl (C=O) groups is 1. The molecule has 0 radical (unpaired) electrons. The summed E-state index contributed by atoms with van der Waals surface area (Å²) in [5.41, 5.74) is 0.712. The van der Waals surface area contributed by atoms with Gasteiger partial charge in [-0.25, -0.2) is 9.18 Å². The third kappa shape index (κ3) is 1.88. The number of benzene rings is 1. The van der Waals surface area contributed by atoms with Gasteiger partial charge in [0.15, 0.2) is 0 Å². The molecular formula is C11H6BrFO2S. The summed E-state index contributed by atoms with van der Waals surface area (Å²) >= 11 is 4.16. The summed E-state index contributed by atoms with van der Waals surface area (Å²) in [4.78, 5) is 11.1. The Labute approximate surface area is 103 Å². The Bertz CT molecular complexity index is 551. The van der Waals surface area contributed by atoms with E-state index in [2.05, 4.69) is 15.9 Å². The Kier molecular flexibility index (Phi) is 3.07. The van der Waals surface area contributed by atoms with Crippen LogP contribution in [0.3, 0.4) is 0 Å². The Morgan fingerprint density at radius 2 is 2.06 bits per heavy atom. The van der Waals surface area contributed by atoms with Crippen LogP contribution in [0, 0.1) is 5.82 Å². The topological polar surface area (TPSA) is 37.3 Å². The Morgan fingerprint density at radius 3 is 2.75 bits per heavy atom. The van der Waals surface area contributed by atoms with Gasteiger partial charge in [0.2, 0.25) is 0 Å². The molecule has 0 aliphatic heterocycles. The summed E-state index contributed by atoms with van der Waals surface area (Å²) in [6.45, 7) is 0. The molecule has 0 saturated heterocycles. The molecule has 2 nitrogen and oxygen atoms in total. The van der Waals surface area contributed by atoms with Gasteiger partial charge in [-0.2, -0.15) is 0 Å². The third-order valence-electron chi connectivity index (χ3n) is 2.10. The largest absolute Gasteiger partial charge is 0.477 e. The zero-order chi connectivity index (χ0) is 11.7. The fourth-order valence-corrected chi connectivity index (χ4v) is 2.51. The zero-order valence-electron chi connectivity index (χ0n) is 7.91. The molecular weight excluding hydrogens is 295 g/mol. The van der Waals surface area contributed by atoms with Crippen molar-refractivity contribution in [1.82, 2.24) is 0 Å². The number of carboxylic acids is 1. The van der Waals surface area contributed by atoms with Crippen molar-refractivity contribution in [2.45, 2.75) is 0 Å². The summed E-state index contributed by atoms with van der Waals surface area (Å²) in [5, 5.41) is 10.6.